The van der Waals surface area contributed by atoms with E-state index in [4.69, 9.17) is 0 Å². The van der Waals surface area contributed by atoms with E-state index >= 15 is 0 Å². The maximum Gasteiger partial charge on any atom is 0.193 e. The van der Waals surface area contributed by atoms with Crippen molar-refractivity contribution in [3.05, 3.63) is 24.0 Å². The highest BCUT2D eigenvalue weighted by Gasteiger charge is 2.40. The van der Waals surface area contributed by atoms with Crippen LogP contribution >= 0.6 is 0 Å². The summed E-state index contributed by atoms with van der Waals surface area (Å²) < 4.78 is 1.88. The number of Topliss-reactive ketones (excluding diaryl/α,β-unsaturated/α-hetero) is 1. The van der Waals surface area contributed by atoms with E-state index in [-0.39, 0.29) is 11.9 Å². The van der Waals surface area contributed by atoms with Gasteiger partial charge in [-0.15, -0.1) is 0 Å². The highest BCUT2D eigenvalue weighted by molar-refractivity contribution is 5.96. The van der Waals surface area contributed by atoms with Crippen LogP contribution in [0, 0.1) is 0 Å². The molecule has 2 atom stereocenters. The van der Waals surface area contributed by atoms with Gasteiger partial charge in [0.05, 0.1) is 18.3 Å². The van der Waals surface area contributed by atoms with Gasteiger partial charge in [-0.1, -0.05) is 0 Å². The molecule has 2 bridgehead atoms. The summed E-state index contributed by atoms with van der Waals surface area (Å²) in [7, 11) is 1.90. The molecular formula is C14H20N2O2. The fourth-order valence-electron chi connectivity index (χ4n) is 3.50. The summed E-state index contributed by atoms with van der Waals surface area (Å²) in [4.78, 5) is 14.6. The van der Waals surface area contributed by atoms with E-state index in [1.165, 1.54) is 0 Å². The predicted octanol–water partition coefficient (Wildman–Crippen LogP) is 1.20. The van der Waals surface area contributed by atoms with Crippen LogP contribution in [0.1, 0.15) is 36.2 Å². The lowest BCUT2D eigenvalue weighted by atomic mass is 9.99. The topological polar surface area (TPSA) is 45.5 Å². The summed E-state index contributed by atoms with van der Waals surface area (Å²) in [5, 5.41) is 9.75. The van der Waals surface area contributed by atoms with Gasteiger partial charge in [-0.3, -0.25) is 9.69 Å². The molecule has 3 rings (SSSR count). The molecule has 4 nitrogen and oxygen atoms in total. The van der Waals surface area contributed by atoms with Crippen molar-refractivity contribution < 1.29 is 9.90 Å². The molecule has 0 aliphatic carbocycles. The van der Waals surface area contributed by atoms with Crippen molar-refractivity contribution in [3.8, 4) is 0 Å². The van der Waals surface area contributed by atoms with Gasteiger partial charge in [-0.25, -0.2) is 0 Å². The highest BCUT2D eigenvalue weighted by Crippen LogP contribution is 2.35. The molecule has 0 saturated carbocycles. The summed E-state index contributed by atoms with van der Waals surface area (Å²) in [6.07, 6.45) is 5.66. The Morgan fingerprint density at radius 1 is 1.39 bits per heavy atom. The molecule has 2 aliphatic rings. The lowest BCUT2D eigenvalue weighted by molar-refractivity contribution is 0.0342. The number of fused-ring (bicyclic) bond motifs is 2. The minimum absolute atomic E-state index is 0.163. The van der Waals surface area contributed by atoms with Gasteiger partial charge >= 0.3 is 0 Å². The van der Waals surface area contributed by atoms with E-state index in [9.17, 15) is 9.90 Å². The first-order valence-corrected chi connectivity index (χ1v) is 6.73. The largest absolute Gasteiger partial charge is 0.393 e. The van der Waals surface area contributed by atoms with Crippen molar-refractivity contribution in [1.29, 1.82) is 0 Å². The van der Waals surface area contributed by atoms with Crippen molar-refractivity contribution in [2.45, 2.75) is 43.9 Å². The second kappa shape index (κ2) is 4.52. The molecule has 1 aromatic heterocycles. The molecule has 0 aromatic carbocycles. The van der Waals surface area contributed by atoms with Gasteiger partial charge in [0.15, 0.2) is 5.78 Å². The van der Waals surface area contributed by atoms with E-state index in [0.29, 0.717) is 18.6 Å². The molecule has 2 aliphatic heterocycles. The van der Waals surface area contributed by atoms with Gasteiger partial charge in [-0.05, 0) is 37.8 Å². The Bertz CT molecular complexity index is 440. The van der Waals surface area contributed by atoms with Crippen molar-refractivity contribution in [3.63, 3.8) is 0 Å². The van der Waals surface area contributed by atoms with E-state index in [0.717, 1.165) is 31.4 Å². The van der Waals surface area contributed by atoms with Crippen molar-refractivity contribution >= 4 is 5.78 Å². The zero-order valence-electron chi connectivity index (χ0n) is 10.7. The number of nitrogens with zero attached hydrogens (tertiary/aromatic N) is 2. The lowest BCUT2D eigenvalue weighted by Gasteiger charge is -2.36. The summed E-state index contributed by atoms with van der Waals surface area (Å²) in [6, 6.07) is 4.59. The van der Waals surface area contributed by atoms with Crippen LogP contribution in [0.15, 0.2) is 18.3 Å². The minimum atomic E-state index is -0.163. The number of hydrogen-bond donors (Lipinski definition) is 1. The Balaban J connectivity index is 1.71. The molecule has 98 valence electrons. The Labute approximate surface area is 107 Å². The molecule has 3 heterocycles. The van der Waals surface area contributed by atoms with Gasteiger partial charge < -0.3 is 9.67 Å². The standard InChI is InChI=1S/C14H20N2O2/c1-15-6-2-3-13(15)14(18)9-16-10-4-5-11(16)8-12(17)7-10/h2-3,6,10-12,17H,4-5,7-9H2,1H3. The summed E-state index contributed by atoms with van der Waals surface area (Å²) >= 11 is 0. The molecule has 18 heavy (non-hydrogen) atoms. The third-order valence-corrected chi connectivity index (χ3v) is 4.42. The molecule has 1 aromatic rings. The highest BCUT2D eigenvalue weighted by atomic mass is 16.3. The molecule has 2 saturated heterocycles. The third-order valence-electron chi connectivity index (χ3n) is 4.42. The quantitative estimate of drug-likeness (QED) is 0.817. The number of piperidine rings is 1. The number of carbonyl (C=O) groups excluding carboxylic acids is 1. The van der Waals surface area contributed by atoms with E-state index in [2.05, 4.69) is 4.90 Å². The fraction of sp³-hybridized carbons (Fsp3) is 0.643. The molecular weight excluding hydrogens is 228 g/mol. The van der Waals surface area contributed by atoms with Crippen molar-refractivity contribution in [2.75, 3.05) is 6.54 Å². The Hall–Kier alpha value is -1.13. The maximum atomic E-state index is 12.3. The van der Waals surface area contributed by atoms with Crippen molar-refractivity contribution in [2.24, 2.45) is 7.05 Å². The summed E-state index contributed by atoms with van der Waals surface area (Å²) in [6.45, 7) is 0.500. The predicted molar refractivity (Wildman–Crippen MR) is 68.5 cm³/mol. The first-order valence-electron chi connectivity index (χ1n) is 6.73. The number of aryl methyl sites for hydroxylation is 1. The monoisotopic (exact) mass is 248 g/mol. The molecule has 0 amide bonds. The Morgan fingerprint density at radius 3 is 2.61 bits per heavy atom. The number of aliphatic hydroxyl groups excluding tert-OH is 1. The minimum Gasteiger partial charge on any atom is -0.393 e. The second-order valence-electron chi connectivity index (χ2n) is 5.61. The second-order valence-corrected chi connectivity index (χ2v) is 5.61. The van der Waals surface area contributed by atoms with E-state index in [1.54, 1.807) is 0 Å². The molecule has 4 heteroatoms. The molecule has 0 radical (unpaired) electrons. The van der Waals surface area contributed by atoms with E-state index < -0.39 is 0 Å². The molecule has 2 unspecified atom stereocenters. The van der Waals surface area contributed by atoms with E-state index in [1.807, 2.05) is 29.9 Å². The number of aromatic nitrogens is 1. The SMILES string of the molecule is Cn1cccc1C(=O)CN1C2CCC1CC(O)C2. The van der Waals surface area contributed by atoms with Gasteiger partial charge in [0.1, 0.15) is 0 Å². The number of carbonyl (C=O) groups is 1. The lowest BCUT2D eigenvalue weighted by Crippen LogP contribution is -2.47. The zero-order valence-corrected chi connectivity index (χ0v) is 10.7. The number of rotatable bonds is 3. The van der Waals surface area contributed by atoms with Crippen LogP contribution in [0.5, 0.6) is 0 Å². The van der Waals surface area contributed by atoms with Crippen LogP contribution in [0.3, 0.4) is 0 Å². The molecule has 1 N–H and O–H groups in total. The van der Waals surface area contributed by atoms with Crippen LogP contribution in [0.2, 0.25) is 0 Å². The first kappa shape index (κ1) is 11.9. The third kappa shape index (κ3) is 1.99. The zero-order chi connectivity index (χ0) is 12.7. The van der Waals surface area contributed by atoms with Gasteiger partial charge in [0, 0.05) is 25.3 Å². The summed E-state index contributed by atoms with van der Waals surface area (Å²) in [5.41, 5.74) is 0.778. The smallest absolute Gasteiger partial charge is 0.193 e. The summed E-state index contributed by atoms with van der Waals surface area (Å²) in [5.74, 6) is 0.191. The van der Waals surface area contributed by atoms with Crippen LogP contribution in [0.4, 0.5) is 0 Å². The Morgan fingerprint density at radius 2 is 2.06 bits per heavy atom. The van der Waals surface area contributed by atoms with Crippen molar-refractivity contribution in [1.82, 2.24) is 9.47 Å². The van der Waals surface area contributed by atoms with Gasteiger partial charge in [0.25, 0.3) is 0 Å². The Kier molecular flexibility index (Phi) is 2.99. The van der Waals surface area contributed by atoms with Crippen LogP contribution in [-0.4, -0.2) is 45.1 Å². The van der Waals surface area contributed by atoms with Crippen LogP contribution in [0.25, 0.3) is 0 Å². The fourth-order valence-corrected chi connectivity index (χ4v) is 3.50. The van der Waals surface area contributed by atoms with Gasteiger partial charge in [-0.2, -0.15) is 0 Å². The van der Waals surface area contributed by atoms with Crippen LogP contribution < -0.4 is 0 Å². The normalized spacial score (nSPS) is 31.8. The number of hydrogen-bond acceptors (Lipinski definition) is 3. The van der Waals surface area contributed by atoms with Gasteiger partial charge in [0.2, 0.25) is 0 Å². The average molecular weight is 248 g/mol. The molecule has 0 spiro atoms. The maximum absolute atomic E-state index is 12.3. The average Bonchev–Trinajstić information content (AvgIpc) is 2.83. The van der Waals surface area contributed by atoms with Crippen LogP contribution in [-0.2, 0) is 7.05 Å². The number of ketones is 1. The molecule has 2 fully saturated rings. The first-order chi connectivity index (χ1) is 8.65. The number of aliphatic hydroxyl groups is 1.